The SMILES string of the molecule is Cc1ccc([C@H](C)N2C(=O)[C@H]3CC2CN3C[C@H](N)C(=O)N2[C@H](C#N)CC3C[C@@H]32)cc1. The van der Waals surface area contributed by atoms with Crippen LogP contribution in [0.2, 0.25) is 0 Å². The van der Waals surface area contributed by atoms with Gasteiger partial charge in [-0.15, -0.1) is 0 Å². The molecule has 0 radical (unpaired) electrons. The number of nitriles is 1. The van der Waals surface area contributed by atoms with Gasteiger partial charge in [0.1, 0.15) is 6.04 Å². The van der Waals surface area contributed by atoms with Crippen molar-refractivity contribution in [3.05, 3.63) is 35.4 Å². The Morgan fingerprint density at radius 2 is 2.00 bits per heavy atom. The Hall–Kier alpha value is -2.43. The summed E-state index contributed by atoms with van der Waals surface area (Å²) in [5.41, 5.74) is 8.64. The molecule has 1 aromatic carbocycles. The predicted octanol–water partition coefficient (Wildman–Crippen LogP) is 1.18. The zero-order valence-corrected chi connectivity index (χ0v) is 17.6. The number of nitrogens with zero attached hydrogens (tertiary/aromatic N) is 4. The van der Waals surface area contributed by atoms with Crippen LogP contribution in [-0.2, 0) is 9.59 Å². The van der Waals surface area contributed by atoms with Crippen LogP contribution < -0.4 is 5.73 Å². The smallest absolute Gasteiger partial charge is 0.242 e. The van der Waals surface area contributed by atoms with Crippen LogP contribution in [0.5, 0.6) is 0 Å². The average Bonchev–Trinajstić information content (AvgIpc) is 3.07. The Morgan fingerprint density at radius 3 is 2.67 bits per heavy atom. The standard InChI is InChI=1S/C23H29N5O2/c1-13-3-5-15(6-4-13)14(2)27-18-9-21(23(27)30)26(11-18)12-19(25)22(29)28-17(10-24)7-16-8-20(16)28/h3-6,14,16-21H,7-9,11-12,25H2,1-2H3/t14-,16?,17-,18?,19-,20-,21+/m0/s1. The van der Waals surface area contributed by atoms with Crippen molar-refractivity contribution in [2.45, 2.75) is 69.4 Å². The fourth-order valence-electron chi connectivity index (χ4n) is 5.82. The first-order chi connectivity index (χ1) is 14.4. The first kappa shape index (κ1) is 19.5. The normalized spacial score (nSPS) is 34.1. The number of hydrogen-bond acceptors (Lipinski definition) is 5. The van der Waals surface area contributed by atoms with E-state index in [1.54, 1.807) is 4.90 Å². The monoisotopic (exact) mass is 407 g/mol. The van der Waals surface area contributed by atoms with E-state index in [1.807, 2.05) is 4.90 Å². The van der Waals surface area contributed by atoms with Crippen LogP contribution in [0.4, 0.5) is 0 Å². The molecule has 2 unspecified atom stereocenters. The highest BCUT2D eigenvalue weighted by Crippen LogP contribution is 2.48. The summed E-state index contributed by atoms with van der Waals surface area (Å²) in [6, 6.07) is 9.79. The minimum absolute atomic E-state index is 0.0401. The topological polar surface area (TPSA) is 93.7 Å². The van der Waals surface area contributed by atoms with E-state index in [0.29, 0.717) is 12.5 Å². The molecule has 4 aliphatic rings. The summed E-state index contributed by atoms with van der Waals surface area (Å²) in [4.78, 5) is 31.9. The van der Waals surface area contributed by atoms with Crippen molar-refractivity contribution in [1.82, 2.24) is 14.7 Å². The molecule has 2 bridgehead atoms. The molecule has 158 valence electrons. The summed E-state index contributed by atoms with van der Waals surface area (Å²) < 4.78 is 0. The Morgan fingerprint density at radius 1 is 1.27 bits per heavy atom. The van der Waals surface area contributed by atoms with Crippen LogP contribution in [-0.4, -0.2) is 69.8 Å². The second-order valence-electron chi connectivity index (χ2n) is 9.49. The number of fused-ring (bicyclic) bond motifs is 3. The number of nitrogens with two attached hydrogens (primary N) is 1. The number of piperidine rings is 1. The summed E-state index contributed by atoms with van der Waals surface area (Å²) in [6.07, 6.45) is 2.57. The highest BCUT2D eigenvalue weighted by molar-refractivity contribution is 5.87. The quantitative estimate of drug-likeness (QED) is 0.791. The van der Waals surface area contributed by atoms with Crippen molar-refractivity contribution in [3.63, 3.8) is 0 Å². The summed E-state index contributed by atoms with van der Waals surface area (Å²) in [5, 5.41) is 9.36. The van der Waals surface area contributed by atoms with Gasteiger partial charge in [0.05, 0.1) is 24.2 Å². The van der Waals surface area contributed by atoms with Crippen molar-refractivity contribution in [2.75, 3.05) is 13.1 Å². The Kier molecular flexibility index (Phi) is 4.60. The van der Waals surface area contributed by atoms with Gasteiger partial charge < -0.3 is 15.5 Å². The second kappa shape index (κ2) is 7.07. The number of hydrogen-bond donors (Lipinski definition) is 1. The molecule has 7 heteroatoms. The van der Waals surface area contributed by atoms with Gasteiger partial charge in [0.15, 0.2) is 0 Å². The molecule has 3 saturated heterocycles. The molecule has 2 N–H and O–H groups in total. The fraction of sp³-hybridized carbons (Fsp3) is 0.609. The maximum absolute atomic E-state index is 13.1. The molecule has 3 heterocycles. The lowest BCUT2D eigenvalue weighted by molar-refractivity contribution is -0.141. The number of benzene rings is 1. The first-order valence-electron chi connectivity index (χ1n) is 11.0. The van der Waals surface area contributed by atoms with Crippen LogP contribution >= 0.6 is 0 Å². The Bertz CT molecular complexity index is 909. The Balaban J connectivity index is 1.23. The van der Waals surface area contributed by atoms with Crippen LogP contribution in [0.25, 0.3) is 0 Å². The van der Waals surface area contributed by atoms with Gasteiger partial charge in [-0.1, -0.05) is 29.8 Å². The molecule has 4 fully saturated rings. The van der Waals surface area contributed by atoms with E-state index in [1.165, 1.54) is 5.56 Å². The van der Waals surface area contributed by atoms with Gasteiger partial charge in [-0.2, -0.15) is 5.26 Å². The molecular formula is C23H29N5O2. The number of likely N-dealkylation sites (tertiary alicyclic amines) is 3. The lowest BCUT2D eigenvalue weighted by Gasteiger charge is -2.38. The molecule has 3 aliphatic heterocycles. The fourth-order valence-corrected chi connectivity index (χ4v) is 5.82. The van der Waals surface area contributed by atoms with Gasteiger partial charge in [0.2, 0.25) is 11.8 Å². The molecular weight excluding hydrogens is 378 g/mol. The number of amides is 2. The van der Waals surface area contributed by atoms with Gasteiger partial charge >= 0.3 is 0 Å². The maximum atomic E-state index is 13.1. The van der Waals surface area contributed by atoms with Gasteiger partial charge in [-0.25, -0.2) is 0 Å². The van der Waals surface area contributed by atoms with Gasteiger partial charge in [0.25, 0.3) is 0 Å². The van der Waals surface area contributed by atoms with Gasteiger partial charge in [-0.05, 0) is 44.6 Å². The predicted molar refractivity (Wildman–Crippen MR) is 111 cm³/mol. The first-order valence-corrected chi connectivity index (χ1v) is 11.0. The summed E-state index contributed by atoms with van der Waals surface area (Å²) in [7, 11) is 0. The highest BCUT2D eigenvalue weighted by atomic mass is 16.2. The number of rotatable bonds is 5. The molecule has 2 amide bonds. The van der Waals surface area contributed by atoms with Crippen molar-refractivity contribution >= 4 is 11.8 Å². The van der Waals surface area contributed by atoms with Crippen molar-refractivity contribution in [3.8, 4) is 6.07 Å². The molecule has 0 spiro atoms. The molecule has 7 nitrogen and oxygen atoms in total. The molecule has 1 saturated carbocycles. The summed E-state index contributed by atoms with van der Waals surface area (Å²) >= 11 is 0. The van der Waals surface area contributed by atoms with E-state index in [2.05, 4.69) is 49.1 Å². The minimum Gasteiger partial charge on any atom is -0.330 e. The average molecular weight is 408 g/mol. The third-order valence-corrected chi connectivity index (χ3v) is 7.55. The lowest BCUT2D eigenvalue weighted by atomic mass is 10.0. The van der Waals surface area contributed by atoms with Crippen molar-refractivity contribution in [1.29, 1.82) is 5.26 Å². The van der Waals surface area contributed by atoms with E-state index in [0.717, 1.165) is 31.4 Å². The second-order valence-corrected chi connectivity index (χ2v) is 9.49. The number of aryl methyl sites for hydroxylation is 1. The molecule has 5 rings (SSSR count). The molecule has 1 aliphatic carbocycles. The van der Waals surface area contributed by atoms with E-state index in [-0.39, 0.29) is 42.0 Å². The number of carbonyl (C=O) groups excluding carboxylic acids is 2. The van der Waals surface area contributed by atoms with E-state index < -0.39 is 6.04 Å². The largest absolute Gasteiger partial charge is 0.330 e. The number of carbonyl (C=O) groups is 2. The van der Waals surface area contributed by atoms with Gasteiger partial charge in [0, 0.05) is 25.2 Å². The minimum atomic E-state index is -0.685. The third-order valence-electron chi connectivity index (χ3n) is 7.55. The van der Waals surface area contributed by atoms with E-state index in [9.17, 15) is 14.9 Å². The van der Waals surface area contributed by atoms with E-state index >= 15 is 0 Å². The van der Waals surface area contributed by atoms with E-state index in [4.69, 9.17) is 5.73 Å². The zero-order chi connectivity index (χ0) is 21.2. The highest BCUT2D eigenvalue weighted by Gasteiger charge is 2.56. The van der Waals surface area contributed by atoms with Crippen molar-refractivity contribution in [2.24, 2.45) is 11.7 Å². The summed E-state index contributed by atoms with van der Waals surface area (Å²) in [6.45, 7) is 5.28. The lowest BCUT2D eigenvalue weighted by Crippen LogP contribution is -2.57. The Labute approximate surface area is 177 Å². The van der Waals surface area contributed by atoms with Crippen LogP contribution in [0.1, 0.15) is 43.4 Å². The number of piperazine rings is 1. The molecule has 7 atom stereocenters. The summed E-state index contributed by atoms with van der Waals surface area (Å²) in [5.74, 6) is 0.482. The molecule has 30 heavy (non-hydrogen) atoms. The van der Waals surface area contributed by atoms with Gasteiger partial charge in [-0.3, -0.25) is 14.5 Å². The maximum Gasteiger partial charge on any atom is 0.242 e. The van der Waals surface area contributed by atoms with Crippen LogP contribution in [0, 0.1) is 24.2 Å². The van der Waals surface area contributed by atoms with Crippen LogP contribution in [0.3, 0.4) is 0 Å². The third kappa shape index (κ3) is 3.01. The molecule has 0 aromatic heterocycles. The zero-order valence-electron chi connectivity index (χ0n) is 17.6. The molecule has 1 aromatic rings. The van der Waals surface area contributed by atoms with Crippen LogP contribution in [0.15, 0.2) is 24.3 Å². The van der Waals surface area contributed by atoms with Crippen molar-refractivity contribution < 1.29 is 9.59 Å².